The monoisotopic (exact) mass is 229 g/mol. The first-order chi connectivity index (χ1) is 7.15. The second-order valence-electron chi connectivity index (χ2n) is 4.68. The van der Waals surface area contributed by atoms with E-state index in [1.54, 1.807) is 0 Å². The zero-order valence-electron chi connectivity index (χ0n) is 9.24. The minimum Gasteiger partial charge on any atom is -0.480 e. The van der Waals surface area contributed by atoms with Gasteiger partial charge < -0.3 is 5.11 Å². The predicted octanol–water partition coefficient (Wildman–Crippen LogP) is 1.68. The average molecular weight is 229 g/mol. The molecule has 0 aromatic heterocycles. The molecule has 1 saturated carbocycles. The van der Waals surface area contributed by atoms with E-state index in [9.17, 15) is 9.90 Å². The molecule has 3 nitrogen and oxygen atoms in total. The summed E-state index contributed by atoms with van der Waals surface area (Å²) in [7, 11) is 0. The van der Waals surface area contributed by atoms with Crippen LogP contribution in [0.15, 0.2) is 0 Å². The second kappa shape index (κ2) is 4.34. The van der Waals surface area contributed by atoms with Crippen molar-refractivity contribution >= 4 is 17.7 Å². The zero-order valence-corrected chi connectivity index (χ0v) is 10.1. The van der Waals surface area contributed by atoms with E-state index in [0.717, 1.165) is 38.1 Å². The standard InChI is InChI=1S/C11H19NO2S/c1-11(10(13)14,9-3-4-9)12-5-2-7-15-8-6-12/h9H,2-8H2,1H3,(H,13,14). The topological polar surface area (TPSA) is 40.5 Å². The van der Waals surface area contributed by atoms with E-state index in [4.69, 9.17) is 0 Å². The highest BCUT2D eigenvalue weighted by Gasteiger charge is 2.51. The third kappa shape index (κ3) is 2.16. The molecule has 1 N–H and O–H groups in total. The molecule has 1 aliphatic heterocycles. The molecule has 86 valence electrons. The maximum absolute atomic E-state index is 11.5. The lowest BCUT2D eigenvalue weighted by molar-refractivity contribution is -0.152. The molecule has 0 aromatic carbocycles. The molecule has 1 unspecified atom stereocenters. The Bertz CT molecular complexity index is 247. The Balaban J connectivity index is 2.11. The van der Waals surface area contributed by atoms with Crippen LogP contribution < -0.4 is 0 Å². The number of hydrogen-bond acceptors (Lipinski definition) is 3. The smallest absolute Gasteiger partial charge is 0.324 e. The Morgan fingerprint density at radius 1 is 1.40 bits per heavy atom. The van der Waals surface area contributed by atoms with Gasteiger partial charge in [-0.1, -0.05) is 0 Å². The highest BCUT2D eigenvalue weighted by Crippen LogP contribution is 2.43. The lowest BCUT2D eigenvalue weighted by atomic mass is 9.93. The Hall–Kier alpha value is -0.220. The van der Waals surface area contributed by atoms with Crippen molar-refractivity contribution in [2.24, 2.45) is 5.92 Å². The molecule has 0 bridgehead atoms. The average Bonchev–Trinajstić information content (AvgIpc) is 3.04. The minimum absolute atomic E-state index is 0.387. The lowest BCUT2D eigenvalue weighted by Crippen LogP contribution is -2.55. The van der Waals surface area contributed by atoms with Gasteiger partial charge in [0, 0.05) is 18.8 Å². The predicted molar refractivity (Wildman–Crippen MR) is 62.3 cm³/mol. The molecule has 1 atom stereocenters. The molecule has 1 heterocycles. The van der Waals surface area contributed by atoms with Crippen LogP contribution in [0.2, 0.25) is 0 Å². The summed E-state index contributed by atoms with van der Waals surface area (Å²) in [4.78, 5) is 13.7. The third-order valence-electron chi connectivity index (χ3n) is 3.68. The Morgan fingerprint density at radius 3 is 2.73 bits per heavy atom. The molecule has 15 heavy (non-hydrogen) atoms. The van der Waals surface area contributed by atoms with Crippen molar-refractivity contribution in [1.29, 1.82) is 0 Å². The highest BCUT2D eigenvalue weighted by molar-refractivity contribution is 7.99. The number of carboxylic acid groups (broad SMARTS) is 1. The summed E-state index contributed by atoms with van der Waals surface area (Å²) in [5.41, 5.74) is -0.592. The van der Waals surface area contributed by atoms with E-state index < -0.39 is 11.5 Å². The van der Waals surface area contributed by atoms with Crippen LogP contribution in [0.25, 0.3) is 0 Å². The van der Waals surface area contributed by atoms with Crippen molar-refractivity contribution in [2.75, 3.05) is 24.6 Å². The minimum atomic E-state index is -0.628. The summed E-state index contributed by atoms with van der Waals surface area (Å²) in [6, 6.07) is 0. The number of carbonyl (C=O) groups is 1. The molecule has 0 amide bonds. The summed E-state index contributed by atoms with van der Waals surface area (Å²) >= 11 is 1.94. The van der Waals surface area contributed by atoms with Gasteiger partial charge in [0.1, 0.15) is 5.54 Å². The molecule has 2 rings (SSSR count). The van der Waals surface area contributed by atoms with Crippen molar-refractivity contribution in [3.63, 3.8) is 0 Å². The van der Waals surface area contributed by atoms with E-state index in [-0.39, 0.29) is 0 Å². The summed E-state index contributed by atoms with van der Waals surface area (Å²) in [6.07, 6.45) is 3.30. The van der Waals surface area contributed by atoms with Gasteiger partial charge in [-0.3, -0.25) is 9.69 Å². The van der Waals surface area contributed by atoms with Crippen LogP contribution in [-0.2, 0) is 4.79 Å². The summed E-state index contributed by atoms with van der Waals surface area (Å²) < 4.78 is 0. The van der Waals surface area contributed by atoms with Crippen LogP contribution >= 0.6 is 11.8 Å². The van der Waals surface area contributed by atoms with E-state index >= 15 is 0 Å². The molecule has 0 aromatic rings. The fraction of sp³-hybridized carbons (Fsp3) is 0.909. The first-order valence-corrected chi connectivity index (χ1v) is 6.87. The van der Waals surface area contributed by atoms with Crippen LogP contribution in [0, 0.1) is 5.92 Å². The first kappa shape index (κ1) is 11.3. The SMILES string of the molecule is CC(C(=O)O)(C1CC1)N1CCCSCC1. The molecule has 2 aliphatic rings. The largest absolute Gasteiger partial charge is 0.480 e. The van der Waals surface area contributed by atoms with Gasteiger partial charge in [0.2, 0.25) is 0 Å². The van der Waals surface area contributed by atoms with E-state index in [0.29, 0.717) is 5.92 Å². The molecule has 1 aliphatic carbocycles. The molecule has 1 saturated heterocycles. The van der Waals surface area contributed by atoms with Gasteiger partial charge in [0.05, 0.1) is 0 Å². The fourth-order valence-electron chi connectivity index (χ4n) is 2.42. The number of nitrogens with zero attached hydrogens (tertiary/aromatic N) is 1. The Kier molecular flexibility index (Phi) is 3.26. The fourth-order valence-corrected chi connectivity index (χ4v) is 3.31. The van der Waals surface area contributed by atoms with E-state index in [2.05, 4.69) is 4.90 Å². The van der Waals surface area contributed by atoms with Gasteiger partial charge in [0.25, 0.3) is 0 Å². The van der Waals surface area contributed by atoms with E-state index in [1.165, 1.54) is 5.75 Å². The molecule has 0 radical (unpaired) electrons. The number of carboxylic acids is 1. The van der Waals surface area contributed by atoms with Crippen molar-refractivity contribution in [1.82, 2.24) is 4.90 Å². The Labute approximate surface area is 95.2 Å². The summed E-state index contributed by atoms with van der Waals surface area (Å²) in [5.74, 6) is 2.02. The lowest BCUT2D eigenvalue weighted by Gasteiger charge is -2.37. The van der Waals surface area contributed by atoms with Crippen molar-refractivity contribution in [3.8, 4) is 0 Å². The molecular formula is C11H19NO2S. The van der Waals surface area contributed by atoms with Gasteiger partial charge in [-0.25, -0.2) is 0 Å². The maximum atomic E-state index is 11.5. The number of rotatable bonds is 3. The van der Waals surface area contributed by atoms with Gasteiger partial charge in [-0.05, 0) is 37.9 Å². The van der Waals surface area contributed by atoms with Crippen molar-refractivity contribution in [2.45, 2.75) is 31.7 Å². The normalized spacial score (nSPS) is 28.1. The van der Waals surface area contributed by atoms with Gasteiger partial charge in [-0.15, -0.1) is 0 Å². The summed E-state index contributed by atoms with van der Waals surface area (Å²) in [6.45, 7) is 3.80. The van der Waals surface area contributed by atoms with Crippen LogP contribution in [0.4, 0.5) is 0 Å². The van der Waals surface area contributed by atoms with E-state index in [1.807, 2.05) is 18.7 Å². The van der Waals surface area contributed by atoms with Crippen LogP contribution in [-0.4, -0.2) is 46.1 Å². The molecule has 4 heteroatoms. The van der Waals surface area contributed by atoms with Gasteiger partial charge in [-0.2, -0.15) is 11.8 Å². The first-order valence-electron chi connectivity index (χ1n) is 5.72. The second-order valence-corrected chi connectivity index (χ2v) is 5.90. The molecule has 2 fully saturated rings. The number of aliphatic carboxylic acids is 1. The van der Waals surface area contributed by atoms with Crippen LogP contribution in [0.3, 0.4) is 0 Å². The van der Waals surface area contributed by atoms with Gasteiger partial charge >= 0.3 is 5.97 Å². The number of thioether (sulfide) groups is 1. The number of hydrogen-bond donors (Lipinski definition) is 1. The quantitative estimate of drug-likeness (QED) is 0.799. The van der Waals surface area contributed by atoms with Crippen LogP contribution in [0.1, 0.15) is 26.2 Å². The summed E-state index contributed by atoms with van der Waals surface area (Å²) in [5, 5.41) is 9.44. The van der Waals surface area contributed by atoms with Crippen LogP contribution in [0.5, 0.6) is 0 Å². The molecular weight excluding hydrogens is 210 g/mol. The molecule has 0 spiro atoms. The van der Waals surface area contributed by atoms with Gasteiger partial charge in [0.15, 0.2) is 0 Å². The Morgan fingerprint density at radius 2 is 2.13 bits per heavy atom. The third-order valence-corrected chi connectivity index (χ3v) is 4.73. The van der Waals surface area contributed by atoms with Crippen molar-refractivity contribution < 1.29 is 9.90 Å². The maximum Gasteiger partial charge on any atom is 0.324 e. The highest BCUT2D eigenvalue weighted by atomic mass is 32.2. The zero-order chi connectivity index (χ0) is 10.9. The van der Waals surface area contributed by atoms with Crippen molar-refractivity contribution in [3.05, 3.63) is 0 Å².